The number of amides is 4. The average molecular weight is 640 g/mol. The average Bonchev–Trinajstić information content (AvgIpc) is 3.02. The molecule has 45 heavy (non-hydrogen) atoms. The van der Waals surface area contributed by atoms with Crippen LogP contribution in [0.2, 0.25) is 0 Å². The van der Waals surface area contributed by atoms with Crippen LogP contribution in [0.15, 0.2) is 42.2 Å². The Morgan fingerprint density at radius 3 is 2.04 bits per heavy atom. The number of likely N-dealkylation sites (N-methyl/N-ethyl adjacent to an activating group) is 1. The van der Waals surface area contributed by atoms with Crippen molar-refractivity contribution in [1.82, 2.24) is 25.3 Å². The van der Waals surface area contributed by atoms with Crippen LogP contribution in [0.3, 0.4) is 0 Å². The first-order chi connectivity index (χ1) is 21.2. The molecule has 1 heterocycles. The number of rotatable bonds is 10. The third kappa shape index (κ3) is 11.3. The molecule has 1 aromatic carbocycles. The van der Waals surface area contributed by atoms with Crippen molar-refractivity contribution in [1.29, 1.82) is 0 Å². The molecule has 14 heteroatoms. The summed E-state index contributed by atoms with van der Waals surface area (Å²) >= 11 is 0. The summed E-state index contributed by atoms with van der Waals surface area (Å²) < 4.78 is 52.8. The number of hydrogen-bond donors (Lipinski definition) is 2. The number of carbonyl (C=O) groups excluding carboxylic acids is 5. The van der Waals surface area contributed by atoms with Crippen LogP contribution in [-0.4, -0.2) is 91.4 Å². The summed E-state index contributed by atoms with van der Waals surface area (Å²) in [6, 6.07) is 1.39. The SMILES string of the molecule is C1CCCCC1.CN(C)/C=C(\C=C/C=O)NC1(C(=O)N(C)C=O)CCN(C(=O)CNC(=O)c2cc(C(F)(F)F)ccc2F)CC1. The van der Waals surface area contributed by atoms with Crippen molar-refractivity contribution in [3.63, 3.8) is 0 Å². The molecule has 0 unspecified atom stereocenters. The smallest absolute Gasteiger partial charge is 0.382 e. The van der Waals surface area contributed by atoms with Gasteiger partial charge >= 0.3 is 6.18 Å². The van der Waals surface area contributed by atoms with E-state index in [1.165, 1.54) is 62.6 Å². The molecule has 0 aromatic heterocycles. The summed E-state index contributed by atoms with van der Waals surface area (Å²) in [6.07, 6.45) is 9.50. The van der Waals surface area contributed by atoms with E-state index in [1.54, 1.807) is 25.2 Å². The largest absolute Gasteiger partial charge is 0.416 e. The molecule has 2 aliphatic rings. The summed E-state index contributed by atoms with van der Waals surface area (Å²) in [5.41, 5.74) is -2.98. The third-order valence-corrected chi connectivity index (χ3v) is 7.43. The number of halogens is 4. The highest BCUT2D eigenvalue weighted by Gasteiger charge is 2.44. The van der Waals surface area contributed by atoms with Crippen molar-refractivity contribution < 1.29 is 41.5 Å². The van der Waals surface area contributed by atoms with Crippen molar-refractivity contribution in [3.8, 4) is 0 Å². The molecule has 10 nitrogen and oxygen atoms in total. The van der Waals surface area contributed by atoms with Crippen molar-refractivity contribution >= 4 is 30.4 Å². The highest BCUT2D eigenvalue weighted by Crippen LogP contribution is 2.30. The summed E-state index contributed by atoms with van der Waals surface area (Å²) in [5.74, 6) is -3.54. The van der Waals surface area contributed by atoms with Gasteiger partial charge in [-0.1, -0.05) is 38.5 Å². The number of piperidine rings is 1. The van der Waals surface area contributed by atoms with Crippen molar-refractivity contribution in [2.75, 3.05) is 40.8 Å². The quantitative estimate of drug-likeness (QED) is 0.174. The lowest BCUT2D eigenvalue weighted by Crippen LogP contribution is -2.62. The maximum Gasteiger partial charge on any atom is 0.416 e. The van der Waals surface area contributed by atoms with Gasteiger partial charge in [0.15, 0.2) is 0 Å². The lowest BCUT2D eigenvalue weighted by molar-refractivity contribution is -0.145. The summed E-state index contributed by atoms with van der Waals surface area (Å²) in [5, 5.41) is 5.22. The predicted molar refractivity (Wildman–Crippen MR) is 159 cm³/mol. The Morgan fingerprint density at radius 1 is 0.978 bits per heavy atom. The Bertz CT molecular complexity index is 1240. The maximum atomic E-state index is 14.0. The fourth-order valence-electron chi connectivity index (χ4n) is 5.03. The highest BCUT2D eigenvalue weighted by atomic mass is 19.4. The minimum atomic E-state index is -4.78. The maximum absolute atomic E-state index is 14.0. The second-order valence-corrected chi connectivity index (χ2v) is 11.1. The van der Waals surface area contributed by atoms with Gasteiger partial charge in [-0.05, 0) is 43.2 Å². The van der Waals surface area contributed by atoms with Gasteiger partial charge in [-0.3, -0.25) is 28.9 Å². The second kappa shape index (κ2) is 17.3. The zero-order valence-corrected chi connectivity index (χ0v) is 25.8. The zero-order chi connectivity index (χ0) is 33.6. The number of carbonyl (C=O) groups is 5. The molecule has 1 aliphatic carbocycles. The van der Waals surface area contributed by atoms with Gasteiger partial charge in [0, 0.05) is 40.4 Å². The first-order valence-electron chi connectivity index (χ1n) is 14.7. The molecule has 1 saturated carbocycles. The van der Waals surface area contributed by atoms with Crippen LogP contribution in [0, 0.1) is 5.82 Å². The van der Waals surface area contributed by atoms with E-state index in [-0.39, 0.29) is 25.9 Å². The molecule has 4 amide bonds. The molecule has 1 saturated heterocycles. The Hall–Kier alpha value is -4.23. The van der Waals surface area contributed by atoms with Crippen LogP contribution in [0.25, 0.3) is 0 Å². The molecule has 0 atom stereocenters. The van der Waals surface area contributed by atoms with Crippen LogP contribution in [0.1, 0.15) is 67.3 Å². The molecular weight excluding hydrogens is 598 g/mol. The summed E-state index contributed by atoms with van der Waals surface area (Å²) in [6.45, 7) is -0.583. The van der Waals surface area contributed by atoms with E-state index in [2.05, 4.69) is 10.6 Å². The Labute approximate surface area is 260 Å². The predicted octanol–water partition coefficient (Wildman–Crippen LogP) is 3.64. The van der Waals surface area contributed by atoms with Gasteiger partial charge in [0.25, 0.3) is 11.8 Å². The second-order valence-electron chi connectivity index (χ2n) is 11.1. The van der Waals surface area contributed by atoms with Gasteiger partial charge in [-0.15, -0.1) is 0 Å². The molecular formula is C31H41F4N5O5. The fraction of sp³-hybridized carbons (Fsp3) is 0.516. The Balaban J connectivity index is 0.00000105. The number of benzene rings is 1. The molecule has 1 aliphatic heterocycles. The molecule has 1 aromatic rings. The number of alkyl halides is 3. The lowest BCUT2D eigenvalue weighted by atomic mass is 9.85. The Kier molecular flexibility index (Phi) is 14.2. The van der Waals surface area contributed by atoms with E-state index in [0.29, 0.717) is 36.6 Å². The topological polar surface area (TPSA) is 119 Å². The number of aldehydes is 1. The monoisotopic (exact) mass is 639 g/mol. The van der Waals surface area contributed by atoms with Crippen molar-refractivity contribution in [2.24, 2.45) is 0 Å². The van der Waals surface area contributed by atoms with Crippen LogP contribution >= 0.6 is 0 Å². The van der Waals surface area contributed by atoms with Crippen LogP contribution in [0.4, 0.5) is 17.6 Å². The number of allylic oxidation sites excluding steroid dienone is 2. The van der Waals surface area contributed by atoms with Crippen molar-refractivity contribution in [2.45, 2.75) is 63.1 Å². The third-order valence-electron chi connectivity index (χ3n) is 7.43. The summed E-state index contributed by atoms with van der Waals surface area (Å²) in [4.78, 5) is 64.2. The standard InChI is InChI=1S/C25H29F4N5O5.C6H12/c1-32(2)15-18(5-4-12-35)31-24(23(39)33(3)16-36)8-10-34(11-9-24)21(37)14-30-22(38)19-13-17(25(27,28)29)6-7-20(19)26;1-2-4-6-5-3-1/h4-7,12-13,15-16,31H,8-11,14H2,1-3H3,(H,30,38);1-6H2/b5-4-,18-15+;. The zero-order valence-electron chi connectivity index (χ0n) is 25.8. The van der Waals surface area contributed by atoms with E-state index in [1.807, 2.05) is 0 Å². The normalized spacial score (nSPS) is 16.6. The minimum absolute atomic E-state index is 0.0186. The van der Waals surface area contributed by atoms with Gasteiger partial charge < -0.3 is 20.4 Å². The minimum Gasteiger partial charge on any atom is -0.382 e. The molecule has 2 N–H and O–H groups in total. The van der Waals surface area contributed by atoms with Crippen LogP contribution in [-0.2, 0) is 25.4 Å². The van der Waals surface area contributed by atoms with E-state index < -0.39 is 52.9 Å². The molecule has 3 rings (SSSR count). The lowest BCUT2D eigenvalue weighted by Gasteiger charge is -2.43. The Morgan fingerprint density at radius 2 is 1.56 bits per heavy atom. The molecule has 0 radical (unpaired) electrons. The fourth-order valence-corrected chi connectivity index (χ4v) is 5.03. The van der Waals surface area contributed by atoms with Gasteiger partial charge in [-0.25, -0.2) is 4.39 Å². The summed E-state index contributed by atoms with van der Waals surface area (Å²) in [7, 11) is 4.74. The first kappa shape index (κ1) is 37.0. The van der Waals surface area contributed by atoms with Crippen LogP contribution < -0.4 is 10.6 Å². The molecule has 0 spiro atoms. The van der Waals surface area contributed by atoms with E-state index >= 15 is 0 Å². The van der Waals surface area contributed by atoms with Crippen LogP contribution in [0.5, 0.6) is 0 Å². The molecule has 2 fully saturated rings. The number of hydrogen-bond acceptors (Lipinski definition) is 7. The van der Waals surface area contributed by atoms with Gasteiger partial charge in [-0.2, -0.15) is 13.2 Å². The highest BCUT2D eigenvalue weighted by molar-refractivity contribution is 5.97. The van der Waals surface area contributed by atoms with E-state index in [9.17, 15) is 41.5 Å². The molecule has 0 bridgehead atoms. The first-order valence-corrected chi connectivity index (χ1v) is 14.7. The van der Waals surface area contributed by atoms with Gasteiger partial charge in [0.1, 0.15) is 17.6 Å². The van der Waals surface area contributed by atoms with E-state index in [4.69, 9.17) is 0 Å². The number of nitrogens with zero attached hydrogens (tertiary/aromatic N) is 3. The number of imide groups is 1. The number of nitrogens with one attached hydrogen (secondary N) is 2. The number of likely N-dealkylation sites (tertiary alicyclic amines) is 1. The van der Waals surface area contributed by atoms with Gasteiger partial charge in [0.05, 0.1) is 23.4 Å². The van der Waals surface area contributed by atoms with Crippen molar-refractivity contribution in [3.05, 3.63) is 59.2 Å². The van der Waals surface area contributed by atoms with E-state index in [0.717, 1.165) is 4.90 Å². The molecule has 248 valence electrons. The van der Waals surface area contributed by atoms with Gasteiger partial charge in [0.2, 0.25) is 12.3 Å².